The van der Waals surface area contributed by atoms with Crippen LogP contribution in [0.3, 0.4) is 0 Å². The van der Waals surface area contributed by atoms with Gasteiger partial charge >= 0.3 is 0 Å². The minimum Gasteiger partial charge on any atom is -0.383 e. The molecule has 0 aromatic rings. The van der Waals surface area contributed by atoms with Gasteiger partial charge in [-0.1, -0.05) is 19.3 Å². The lowest BCUT2D eigenvalue weighted by atomic mass is 9.81. The maximum atomic E-state index is 12.5. The highest BCUT2D eigenvalue weighted by Crippen LogP contribution is 2.32. The van der Waals surface area contributed by atoms with E-state index in [-0.39, 0.29) is 23.9 Å². The number of hydrogen-bond acceptors (Lipinski definition) is 3. The van der Waals surface area contributed by atoms with Gasteiger partial charge in [-0.2, -0.15) is 0 Å². The lowest BCUT2D eigenvalue weighted by Gasteiger charge is -2.45. The molecule has 0 spiro atoms. The van der Waals surface area contributed by atoms with Crippen molar-refractivity contribution in [1.29, 1.82) is 0 Å². The van der Waals surface area contributed by atoms with E-state index in [0.29, 0.717) is 12.5 Å². The molecule has 0 radical (unpaired) electrons. The number of nitrogens with zero attached hydrogens (tertiary/aromatic N) is 1. The highest BCUT2D eigenvalue weighted by molar-refractivity contribution is 5.97. The van der Waals surface area contributed by atoms with E-state index < -0.39 is 6.04 Å². The van der Waals surface area contributed by atoms with Crippen LogP contribution >= 0.6 is 0 Å². The standard InChI is InChI=1S/C15H26N2O3/c1-10(9-20-3)17-13(12-7-5-4-6-8-12)14(18)16-11(2)15(17)19/h10-13H,4-9H2,1-3H3,(H,16,18). The Morgan fingerprint density at radius 3 is 2.55 bits per heavy atom. The van der Waals surface area contributed by atoms with Crippen molar-refractivity contribution >= 4 is 11.8 Å². The van der Waals surface area contributed by atoms with E-state index in [0.717, 1.165) is 25.7 Å². The van der Waals surface area contributed by atoms with Gasteiger partial charge in [0, 0.05) is 7.11 Å². The summed E-state index contributed by atoms with van der Waals surface area (Å²) >= 11 is 0. The average molecular weight is 282 g/mol. The molecule has 1 saturated heterocycles. The van der Waals surface area contributed by atoms with Crippen molar-refractivity contribution < 1.29 is 14.3 Å². The van der Waals surface area contributed by atoms with Crippen molar-refractivity contribution in [3.63, 3.8) is 0 Å². The molecular weight excluding hydrogens is 256 g/mol. The van der Waals surface area contributed by atoms with Gasteiger partial charge < -0.3 is 15.0 Å². The average Bonchev–Trinajstić information content (AvgIpc) is 2.43. The van der Waals surface area contributed by atoms with Crippen LogP contribution in [0.15, 0.2) is 0 Å². The molecule has 5 nitrogen and oxygen atoms in total. The minimum atomic E-state index is -0.429. The molecule has 2 aliphatic rings. The number of carbonyl (C=O) groups is 2. The van der Waals surface area contributed by atoms with Gasteiger partial charge in [0.05, 0.1) is 12.6 Å². The zero-order valence-electron chi connectivity index (χ0n) is 12.7. The van der Waals surface area contributed by atoms with Gasteiger partial charge in [-0.15, -0.1) is 0 Å². The molecule has 114 valence electrons. The summed E-state index contributed by atoms with van der Waals surface area (Å²) in [4.78, 5) is 26.7. The summed E-state index contributed by atoms with van der Waals surface area (Å²) in [7, 11) is 1.63. The third-order valence-electron chi connectivity index (χ3n) is 4.53. The summed E-state index contributed by atoms with van der Waals surface area (Å²) in [5.41, 5.74) is 0. The number of hydrogen-bond donors (Lipinski definition) is 1. The third kappa shape index (κ3) is 2.97. The van der Waals surface area contributed by atoms with Gasteiger partial charge in [-0.3, -0.25) is 9.59 Å². The van der Waals surface area contributed by atoms with E-state index in [1.165, 1.54) is 6.42 Å². The fraction of sp³-hybridized carbons (Fsp3) is 0.867. The maximum absolute atomic E-state index is 12.5. The molecule has 0 bridgehead atoms. The van der Waals surface area contributed by atoms with Crippen LogP contribution < -0.4 is 5.32 Å². The molecule has 0 aromatic carbocycles. The lowest BCUT2D eigenvalue weighted by molar-refractivity contribution is -0.155. The first kappa shape index (κ1) is 15.3. The highest BCUT2D eigenvalue weighted by atomic mass is 16.5. The summed E-state index contributed by atoms with van der Waals surface area (Å²) < 4.78 is 5.19. The largest absolute Gasteiger partial charge is 0.383 e. The van der Waals surface area contributed by atoms with Gasteiger partial charge in [0.25, 0.3) is 0 Å². The highest BCUT2D eigenvalue weighted by Gasteiger charge is 2.44. The van der Waals surface area contributed by atoms with Gasteiger partial charge in [-0.05, 0) is 32.6 Å². The van der Waals surface area contributed by atoms with Crippen LogP contribution in [0.5, 0.6) is 0 Å². The number of nitrogens with one attached hydrogen (secondary N) is 1. The van der Waals surface area contributed by atoms with Crippen molar-refractivity contribution in [3.05, 3.63) is 0 Å². The first-order valence-electron chi connectivity index (χ1n) is 7.67. The molecule has 20 heavy (non-hydrogen) atoms. The number of rotatable bonds is 4. The summed E-state index contributed by atoms with van der Waals surface area (Å²) in [6.45, 7) is 4.18. The monoisotopic (exact) mass is 282 g/mol. The topological polar surface area (TPSA) is 58.6 Å². The molecule has 1 N–H and O–H groups in total. The molecule has 0 aromatic heterocycles. The van der Waals surface area contributed by atoms with Gasteiger partial charge in [0.15, 0.2) is 0 Å². The predicted molar refractivity (Wildman–Crippen MR) is 76.2 cm³/mol. The lowest BCUT2D eigenvalue weighted by Crippen LogP contribution is -2.67. The van der Waals surface area contributed by atoms with Crippen molar-refractivity contribution in [1.82, 2.24) is 10.2 Å². The Kier molecular flexibility index (Phi) is 5.02. The van der Waals surface area contributed by atoms with E-state index in [1.54, 1.807) is 18.9 Å². The van der Waals surface area contributed by atoms with E-state index in [1.807, 2.05) is 6.92 Å². The first-order chi connectivity index (χ1) is 9.56. The zero-order valence-corrected chi connectivity index (χ0v) is 12.7. The smallest absolute Gasteiger partial charge is 0.245 e. The second-order valence-corrected chi connectivity index (χ2v) is 6.12. The second-order valence-electron chi connectivity index (χ2n) is 6.12. The van der Waals surface area contributed by atoms with Crippen LogP contribution in [0, 0.1) is 5.92 Å². The van der Waals surface area contributed by atoms with E-state index in [2.05, 4.69) is 5.32 Å². The Morgan fingerprint density at radius 1 is 1.30 bits per heavy atom. The van der Waals surface area contributed by atoms with Crippen molar-refractivity contribution in [3.8, 4) is 0 Å². The second kappa shape index (κ2) is 6.57. The van der Waals surface area contributed by atoms with E-state index in [4.69, 9.17) is 4.74 Å². The molecule has 3 unspecified atom stereocenters. The Hall–Kier alpha value is -1.10. The van der Waals surface area contributed by atoms with Crippen molar-refractivity contribution in [2.45, 2.75) is 64.1 Å². The number of ether oxygens (including phenoxy) is 1. The molecule has 2 amide bonds. The third-order valence-corrected chi connectivity index (χ3v) is 4.53. The molecule has 2 rings (SSSR count). The quantitative estimate of drug-likeness (QED) is 0.846. The molecule has 1 aliphatic heterocycles. The van der Waals surface area contributed by atoms with Gasteiger partial charge in [-0.25, -0.2) is 0 Å². The Bertz CT molecular complexity index is 366. The summed E-state index contributed by atoms with van der Waals surface area (Å²) in [5.74, 6) is 0.316. The van der Waals surface area contributed by atoms with Gasteiger partial charge in [0.2, 0.25) is 11.8 Å². The normalized spacial score (nSPS) is 30.2. The van der Waals surface area contributed by atoms with E-state index >= 15 is 0 Å². The van der Waals surface area contributed by atoms with Crippen LogP contribution in [-0.4, -0.2) is 48.6 Å². The van der Waals surface area contributed by atoms with E-state index in [9.17, 15) is 9.59 Å². The van der Waals surface area contributed by atoms with Crippen LogP contribution in [0.1, 0.15) is 46.0 Å². The van der Waals surface area contributed by atoms with Crippen LogP contribution in [-0.2, 0) is 14.3 Å². The molecule has 1 heterocycles. The zero-order chi connectivity index (χ0) is 14.7. The minimum absolute atomic E-state index is 0.00644. The fourth-order valence-electron chi connectivity index (χ4n) is 3.55. The maximum Gasteiger partial charge on any atom is 0.245 e. The SMILES string of the molecule is COCC(C)N1C(=O)C(C)NC(=O)C1C1CCCCC1. The Labute approximate surface area is 121 Å². The molecule has 1 aliphatic carbocycles. The number of methoxy groups -OCH3 is 1. The molecular formula is C15H26N2O3. The Balaban J connectivity index is 2.22. The number of amides is 2. The molecule has 1 saturated carbocycles. The number of carbonyl (C=O) groups excluding carboxylic acids is 2. The van der Waals surface area contributed by atoms with Crippen molar-refractivity contribution in [2.75, 3.05) is 13.7 Å². The molecule has 3 atom stereocenters. The summed E-state index contributed by atoms with van der Waals surface area (Å²) in [6, 6.07) is -0.807. The Morgan fingerprint density at radius 2 is 1.95 bits per heavy atom. The van der Waals surface area contributed by atoms with Gasteiger partial charge in [0.1, 0.15) is 12.1 Å². The summed E-state index contributed by atoms with van der Waals surface area (Å²) in [5, 5.41) is 2.83. The summed E-state index contributed by atoms with van der Waals surface area (Å²) in [6.07, 6.45) is 5.63. The number of piperazine rings is 1. The van der Waals surface area contributed by atoms with Crippen molar-refractivity contribution in [2.24, 2.45) is 5.92 Å². The molecule has 2 fully saturated rings. The van der Waals surface area contributed by atoms with Crippen LogP contribution in [0.4, 0.5) is 0 Å². The first-order valence-corrected chi connectivity index (χ1v) is 7.67. The predicted octanol–water partition coefficient (Wildman–Crippen LogP) is 1.32. The van der Waals surface area contributed by atoms with Crippen LogP contribution in [0.2, 0.25) is 0 Å². The molecule has 5 heteroatoms. The van der Waals surface area contributed by atoms with Crippen LogP contribution in [0.25, 0.3) is 0 Å². The fourth-order valence-corrected chi connectivity index (χ4v) is 3.55.